The second-order valence-corrected chi connectivity index (χ2v) is 16.1. The van der Waals surface area contributed by atoms with Crippen LogP contribution in [0.3, 0.4) is 0 Å². The van der Waals surface area contributed by atoms with Gasteiger partial charge in [-0.3, -0.25) is 0 Å². The predicted octanol–water partition coefficient (Wildman–Crippen LogP) is 17.5. The van der Waals surface area contributed by atoms with Gasteiger partial charge >= 0.3 is 0 Å². The van der Waals surface area contributed by atoms with E-state index in [1.807, 2.05) is 0 Å². The number of fused-ring (bicyclic) bond motifs is 2. The highest BCUT2D eigenvalue weighted by Crippen LogP contribution is 2.42. The number of anilines is 3. The van der Waals surface area contributed by atoms with Crippen molar-refractivity contribution in [3.8, 4) is 66.8 Å². The third kappa shape index (κ3) is 7.47. The minimum atomic E-state index is 1.09. The molecular weight excluding hydrogens is 759 g/mol. The Morgan fingerprint density at radius 3 is 1.19 bits per heavy atom. The van der Waals surface area contributed by atoms with Crippen molar-refractivity contribution in [2.24, 2.45) is 0 Å². The van der Waals surface area contributed by atoms with E-state index in [1.54, 1.807) is 0 Å². The maximum atomic E-state index is 2.36. The third-order valence-electron chi connectivity index (χ3n) is 12.3. The van der Waals surface area contributed by atoms with Crippen molar-refractivity contribution in [1.29, 1.82) is 0 Å². The molecule has 0 unspecified atom stereocenters. The van der Waals surface area contributed by atoms with Crippen LogP contribution >= 0.6 is 0 Å². The molecule has 0 spiro atoms. The van der Waals surface area contributed by atoms with E-state index in [1.165, 1.54) is 88.3 Å². The largest absolute Gasteiger partial charge is 0.311 e. The van der Waals surface area contributed by atoms with Crippen LogP contribution in [0.2, 0.25) is 0 Å². The first-order chi connectivity index (χ1) is 31.2. The zero-order chi connectivity index (χ0) is 42.0. The molecule has 296 valence electrons. The summed E-state index contributed by atoms with van der Waals surface area (Å²) in [6, 6.07) is 94.5. The predicted molar refractivity (Wildman–Crippen MR) is 269 cm³/mol. The summed E-state index contributed by atoms with van der Waals surface area (Å²) in [6.45, 7) is 0. The molecule has 11 rings (SSSR count). The van der Waals surface area contributed by atoms with Crippen molar-refractivity contribution in [3.05, 3.63) is 261 Å². The summed E-state index contributed by atoms with van der Waals surface area (Å²) in [5.74, 6) is 0. The normalized spacial score (nSPS) is 11.2. The van der Waals surface area contributed by atoms with E-state index < -0.39 is 0 Å². The van der Waals surface area contributed by atoms with Crippen LogP contribution in [0.4, 0.5) is 17.1 Å². The molecule has 63 heavy (non-hydrogen) atoms. The van der Waals surface area contributed by atoms with Crippen molar-refractivity contribution in [3.63, 3.8) is 0 Å². The quantitative estimate of drug-likeness (QED) is 0.141. The van der Waals surface area contributed by atoms with Crippen LogP contribution in [0, 0.1) is 0 Å². The smallest absolute Gasteiger partial charge is 0.0462 e. The number of rotatable bonds is 9. The molecule has 0 N–H and O–H groups in total. The summed E-state index contributed by atoms with van der Waals surface area (Å²) >= 11 is 0. The highest BCUT2D eigenvalue weighted by atomic mass is 15.1. The highest BCUT2D eigenvalue weighted by Gasteiger charge is 2.17. The minimum absolute atomic E-state index is 1.09. The second-order valence-electron chi connectivity index (χ2n) is 16.1. The lowest BCUT2D eigenvalue weighted by Gasteiger charge is -2.26. The van der Waals surface area contributed by atoms with Gasteiger partial charge in [-0.2, -0.15) is 0 Å². The molecule has 1 nitrogen and oxygen atoms in total. The Morgan fingerprint density at radius 2 is 0.587 bits per heavy atom. The Morgan fingerprint density at radius 1 is 0.206 bits per heavy atom. The molecule has 0 aliphatic carbocycles. The van der Waals surface area contributed by atoms with Crippen LogP contribution in [0.25, 0.3) is 88.3 Å². The lowest BCUT2D eigenvalue weighted by molar-refractivity contribution is 1.28. The zero-order valence-electron chi connectivity index (χ0n) is 34.8. The molecule has 0 saturated heterocycles. The number of nitrogens with zero attached hydrogens (tertiary/aromatic N) is 1. The average molecular weight is 802 g/mol. The summed E-state index contributed by atoms with van der Waals surface area (Å²) in [5, 5.41) is 5.01. The minimum Gasteiger partial charge on any atom is -0.311 e. The summed E-state index contributed by atoms with van der Waals surface area (Å²) < 4.78 is 0. The van der Waals surface area contributed by atoms with Gasteiger partial charge in [0.2, 0.25) is 0 Å². The molecule has 11 aromatic rings. The van der Waals surface area contributed by atoms with Gasteiger partial charge in [0, 0.05) is 17.1 Å². The number of hydrogen-bond donors (Lipinski definition) is 0. The molecule has 0 atom stereocenters. The molecule has 0 aromatic heterocycles. The van der Waals surface area contributed by atoms with Crippen LogP contribution in [0.15, 0.2) is 261 Å². The Kier molecular flexibility index (Phi) is 9.97. The van der Waals surface area contributed by atoms with Crippen molar-refractivity contribution in [2.45, 2.75) is 0 Å². The van der Waals surface area contributed by atoms with Crippen LogP contribution in [0.5, 0.6) is 0 Å². The fraction of sp³-hybridized carbons (Fsp3) is 0. The van der Waals surface area contributed by atoms with Crippen molar-refractivity contribution < 1.29 is 0 Å². The van der Waals surface area contributed by atoms with Gasteiger partial charge in [-0.1, -0.05) is 218 Å². The molecule has 0 amide bonds. The van der Waals surface area contributed by atoms with E-state index >= 15 is 0 Å². The molecule has 0 fully saturated rings. The van der Waals surface area contributed by atoms with E-state index in [9.17, 15) is 0 Å². The maximum Gasteiger partial charge on any atom is 0.0462 e. The Labute approximate surface area is 369 Å². The first kappa shape index (κ1) is 37.7. The molecule has 0 bridgehead atoms. The molecule has 0 saturated carbocycles. The van der Waals surface area contributed by atoms with E-state index in [4.69, 9.17) is 0 Å². The fourth-order valence-corrected chi connectivity index (χ4v) is 9.10. The van der Waals surface area contributed by atoms with Gasteiger partial charge in [0.25, 0.3) is 0 Å². The Bertz CT molecular complexity index is 3330. The fourth-order valence-electron chi connectivity index (χ4n) is 9.10. The van der Waals surface area contributed by atoms with Crippen molar-refractivity contribution >= 4 is 38.6 Å². The van der Waals surface area contributed by atoms with Crippen molar-refractivity contribution in [2.75, 3.05) is 4.90 Å². The summed E-state index contributed by atoms with van der Waals surface area (Å²) in [4.78, 5) is 2.36. The molecule has 0 radical (unpaired) electrons. The molecule has 0 aliphatic rings. The highest BCUT2D eigenvalue weighted by molar-refractivity contribution is 6.04. The Hall–Kier alpha value is -8.26. The molecule has 1 heteroatoms. The zero-order valence-corrected chi connectivity index (χ0v) is 34.8. The van der Waals surface area contributed by atoms with Gasteiger partial charge in [-0.25, -0.2) is 0 Å². The van der Waals surface area contributed by atoms with Crippen LogP contribution < -0.4 is 4.90 Å². The van der Waals surface area contributed by atoms with E-state index in [2.05, 4.69) is 266 Å². The first-order valence-electron chi connectivity index (χ1n) is 21.7. The molecule has 11 aromatic carbocycles. The van der Waals surface area contributed by atoms with Gasteiger partial charge < -0.3 is 4.90 Å². The van der Waals surface area contributed by atoms with E-state index in [0.717, 1.165) is 17.1 Å². The summed E-state index contributed by atoms with van der Waals surface area (Å²) in [6.07, 6.45) is 0. The van der Waals surface area contributed by atoms with E-state index in [0.29, 0.717) is 0 Å². The van der Waals surface area contributed by atoms with Crippen molar-refractivity contribution in [1.82, 2.24) is 0 Å². The lowest BCUT2D eigenvalue weighted by atomic mass is 9.89. The van der Waals surface area contributed by atoms with Gasteiger partial charge in [0.15, 0.2) is 0 Å². The second kappa shape index (κ2) is 16.7. The van der Waals surface area contributed by atoms with Crippen LogP contribution in [-0.4, -0.2) is 0 Å². The topological polar surface area (TPSA) is 3.24 Å². The molecule has 0 aliphatic heterocycles. The third-order valence-corrected chi connectivity index (χ3v) is 12.3. The monoisotopic (exact) mass is 801 g/mol. The standard InChI is InChI=1S/C62H43N/c1-3-13-44(14-4-1)53-20-11-21-54(43-53)47-31-38-56(39-32-47)63(55-36-29-46(30-37-55)45-25-27-51(28-26-45)59-24-12-19-48-17-7-9-22-58(48)59)57-40-33-52(34-41-57)62-60-23-10-8-18-50(60)35-42-61(62)49-15-5-2-6-16-49/h1-43H. The average Bonchev–Trinajstić information content (AvgIpc) is 3.37. The molecular formula is C62H43N. The summed E-state index contributed by atoms with van der Waals surface area (Å²) in [7, 11) is 0. The van der Waals surface area contributed by atoms with Gasteiger partial charge in [0.05, 0.1) is 0 Å². The number of hydrogen-bond acceptors (Lipinski definition) is 1. The van der Waals surface area contributed by atoms with Crippen LogP contribution in [-0.2, 0) is 0 Å². The SMILES string of the molecule is c1ccc(-c2cccc(-c3ccc(N(c4ccc(-c5ccc(-c6cccc7ccccc67)cc5)cc4)c4ccc(-c5c(-c6ccccc6)ccc6ccccc56)cc4)cc3)c2)cc1. The molecule has 0 heterocycles. The van der Waals surface area contributed by atoms with Crippen LogP contribution in [0.1, 0.15) is 0 Å². The maximum absolute atomic E-state index is 2.36. The first-order valence-corrected chi connectivity index (χ1v) is 21.7. The Balaban J connectivity index is 0.962. The lowest BCUT2D eigenvalue weighted by Crippen LogP contribution is -2.09. The van der Waals surface area contributed by atoms with Gasteiger partial charge in [-0.05, 0) is 131 Å². The number of benzene rings is 11. The van der Waals surface area contributed by atoms with E-state index in [-0.39, 0.29) is 0 Å². The van der Waals surface area contributed by atoms with Gasteiger partial charge in [-0.15, -0.1) is 0 Å². The van der Waals surface area contributed by atoms with Gasteiger partial charge in [0.1, 0.15) is 0 Å². The summed E-state index contributed by atoms with van der Waals surface area (Å²) in [5.41, 5.74) is 17.8.